The summed E-state index contributed by atoms with van der Waals surface area (Å²) in [5, 5.41) is 0. The molecule has 0 saturated heterocycles. The Balaban J connectivity index is 1.68. The predicted molar refractivity (Wildman–Crippen MR) is 121 cm³/mol. The summed E-state index contributed by atoms with van der Waals surface area (Å²) in [4.78, 5) is 12.6. The molecule has 2 atom stereocenters. The summed E-state index contributed by atoms with van der Waals surface area (Å²) in [5.41, 5.74) is -1.69. The molecule has 2 unspecified atom stereocenters. The SMILES string of the molecule is C=CCCc1ccc(OC(=O)c2ccc3c(c2F)C(F)C(F)c2c-3ccc(OCC)c2F)cc1F. The van der Waals surface area contributed by atoms with E-state index in [0.29, 0.717) is 18.4 Å². The van der Waals surface area contributed by atoms with Gasteiger partial charge in [0.1, 0.15) is 17.4 Å². The number of ether oxygens (including phenoxy) is 2. The number of alkyl halides is 2. The van der Waals surface area contributed by atoms with E-state index in [-0.39, 0.29) is 29.2 Å². The molecular formula is C27H21F5O3. The fourth-order valence-electron chi connectivity index (χ4n) is 4.11. The number of hydrogen-bond donors (Lipinski definition) is 0. The standard InChI is InChI=1S/C27H21F5O3/c1-3-5-6-14-7-8-15(13-19(14)28)35-27(33)18-10-9-16-17-11-12-20(34-4-2)24(30)22(17)26(32)25(31)21(16)23(18)29/h3,7-13,25-26H,1,4-6H2,2H3. The lowest BCUT2D eigenvalue weighted by Gasteiger charge is -2.28. The zero-order valence-electron chi connectivity index (χ0n) is 18.7. The molecule has 3 aromatic rings. The van der Waals surface area contributed by atoms with Crippen LogP contribution < -0.4 is 9.47 Å². The zero-order chi connectivity index (χ0) is 25.3. The van der Waals surface area contributed by atoms with Crippen molar-refractivity contribution < 1.29 is 36.2 Å². The highest BCUT2D eigenvalue weighted by Gasteiger charge is 2.40. The van der Waals surface area contributed by atoms with Crippen molar-refractivity contribution in [1.29, 1.82) is 0 Å². The van der Waals surface area contributed by atoms with Gasteiger partial charge in [0.15, 0.2) is 23.9 Å². The number of carbonyl (C=O) groups is 1. The van der Waals surface area contributed by atoms with Crippen LogP contribution in [0.3, 0.4) is 0 Å². The van der Waals surface area contributed by atoms with E-state index in [1.807, 2.05) is 0 Å². The quantitative estimate of drug-likeness (QED) is 0.149. The van der Waals surface area contributed by atoms with Gasteiger partial charge < -0.3 is 9.47 Å². The molecule has 182 valence electrons. The number of rotatable bonds is 7. The summed E-state index contributed by atoms with van der Waals surface area (Å²) >= 11 is 0. The minimum absolute atomic E-state index is 0.0432. The third-order valence-electron chi connectivity index (χ3n) is 5.80. The van der Waals surface area contributed by atoms with E-state index in [1.54, 1.807) is 13.0 Å². The second-order valence-corrected chi connectivity index (χ2v) is 7.93. The molecule has 0 saturated carbocycles. The lowest BCUT2D eigenvalue weighted by molar-refractivity contribution is 0.0728. The van der Waals surface area contributed by atoms with Crippen molar-refractivity contribution in [2.75, 3.05) is 6.61 Å². The second-order valence-electron chi connectivity index (χ2n) is 7.93. The normalized spacial score (nSPS) is 16.3. The van der Waals surface area contributed by atoms with Gasteiger partial charge in [0.05, 0.1) is 12.2 Å². The van der Waals surface area contributed by atoms with E-state index >= 15 is 8.78 Å². The van der Waals surface area contributed by atoms with Crippen molar-refractivity contribution in [3.63, 3.8) is 0 Å². The van der Waals surface area contributed by atoms with Crippen molar-refractivity contribution in [3.05, 3.63) is 94.8 Å². The topological polar surface area (TPSA) is 35.5 Å². The maximum Gasteiger partial charge on any atom is 0.346 e. The average Bonchev–Trinajstić information content (AvgIpc) is 2.83. The van der Waals surface area contributed by atoms with Crippen LogP contribution in [0.5, 0.6) is 11.5 Å². The molecule has 0 spiro atoms. The first-order valence-electron chi connectivity index (χ1n) is 11.0. The van der Waals surface area contributed by atoms with Gasteiger partial charge in [-0.05, 0) is 54.7 Å². The molecule has 0 fully saturated rings. The molecule has 0 amide bonds. The molecule has 0 radical (unpaired) electrons. The van der Waals surface area contributed by atoms with Gasteiger partial charge in [-0.25, -0.2) is 26.7 Å². The van der Waals surface area contributed by atoms with E-state index < -0.39 is 52.5 Å². The van der Waals surface area contributed by atoms with Crippen LogP contribution in [0.2, 0.25) is 0 Å². The predicted octanol–water partition coefficient (Wildman–Crippen LogP) is 7.54. The molecule has 1 aliphatic rings. The lowest BCUT2D eigenvalue weighted by Crippen LogP contribution is -2.19. The Morgan fingerprint density at radius 2 is 1.63 bits per heavy atom. The second kappa shape index (κ2) is 9.90. The highest BCUT2D eigenvalue weighted by Crippen LogP contribution is 2.51. The summed E-state index contributed by atoms with van der Waals surface area (Å²) in [7, 11) is 0. The Bertz CT molecular complexity index is 1300. The van der Waals surface area contributed by atoms with Crippen molar-refractivity contribution >= 4 is 5.97 Å². The van der Waals surface area contributed by atoms with Crippen LogP contribution in [-0.2, 0) is 6.42 Å². The van der Waals surface area contributed by atoms with Crippen molar-refractivity contribution in [2.24, 2.45) is 0 Å². The van der Waals surface area contributed by atoms with E-state index in [1.165, 1.54) is 30.3 Å². The number of carbonyl (C=O) groups excluding carboxylic acids is 1. The first kappa shape index (κ1) is 24.4. The van der Waals surface area contributed by atoms with Gasteiger partial charge in [-0.1, -0.05) is 24.3 Å². The molecule has 0 heterocycles. The van der Waals surface area contributed by atoms with Crippen LogP contribution in [0.1, 0.15) is 52.7 Å². The van der Waals surface area contributed by atoms with E-state index in [9.17, 15) is 18.0 Å². The summed E-state index contributed by atoms with van der Waals surface area (Å²) in [5.74, 6) is -4.64. The minimum atomic E-state index is -2.57. The maximum absolute atomic E-state index is 15.3. The van der Waals surface area contributed by atoms with Gasteiger partial charge in [0.25, 0.3) is 0 Å². The third kappa shape index (κ3) is 4.40. The highest BCUT2D eigenvalue weighted by molar-refractivity contribution is 5.93. The molecule has 4 rings (SSSR count). The van der Waals surface area contributed by atoms with Gasteiger partial charge in [-0.3, -0.25) is 0 Å². The molecule has 0 aliphatic heterocycles. The number of hydrogen-bond acceptors (Lipinski definition) is 3. The van der Waals surface area contributed by atoms with Crippen LogP contribution in [-0.4, -0.2) is 12.6 Å². The molecular weight excluding hydrogens is 467 g/mol. The summed E-state index contributed by atoms with van der Waals surface area (Å²) in [6.07, 6.45) is -2.50. The molecule has 3 aromatic carbocycles. The van der Waals surface area contributed by atoms with Crippen molar-refractivity contribution in [3.8, 4) is 22.6 Å². The Kier molecular flexibility index (Phi) is 6.91. The van der Waals surface area contributed by atoms with E-state index in [2.05, 4.69) is 6.58 Å². The van der Waals surface area contributed by atoms with Crippen LogP contribution in [0.25, 0.3) is 11.1 Å². The number of allylic oxidation sites excluding steroid dienone is 1. The Labute approximate surface area is 198 Å². The van der Waals surface area contributed by atoms with Gasteiger partial charge >= 0.3 is 5.97 Å². The molecule has 0 aromatic heterocycles. The lowest BCUT2D eigenvalue weighted by atomic mass is 9.81. The molecule has 0 N–H and O–H groups in total. The number of fused-ring (bicyclic) bond motifs is 3. The van der Waals surface area contributed by atoms with Crippen molar-refractivity contribution in [2.45, 2.75) is 32.1 Å². The maximum atomic E-state index is 15.3. The Hall–Kier alpha value is -3.68. The molecule has 0 bridgehead atoms. The number of halogens is 5. The first-order valence-corrected chi connectivity index (χ1v) is 11.0. The van der Waals surface area contributed by atoms with Gasteiger partial charge in [-0.15, -0.1) is 6.58 Å². The van der Waals surface area contributed by atoms with Gasteiger partial charge in [0, 0.05) is 17.2 Å². The zero-order valence-corrected chi connectivity index (χ0v) is 18.7. The van der Waals surface area contributed by atoms with Crippen LogP contribution in [0.4, 0.5) is 22.0 Å². The van der Waals surface area contributed by atoms with Crippen molar-refractivity contribution in [1.82, 2.24) is 0 Å². The highest BCUT2D eigenvalue weighted by atomic mass is 19.2. The molecule has 35 heavy (non-hydrogen) atoms. The van der Waals surface area contributed by atoms with Crippen LogP contribution >= 0.6 is 0 Å². The van der Waals surface area contributed by atoms with E-state index in [0.717, 1.165) is 12.1 Å². The Morgan fingerprint density at radius 1 is 0.971 bits per heavy atom. The smallest absolute Gasteiger partial charge is 0.346 e. The fraction of sp³-hybridized carbons (Fsp3) is 0.222. The van der Waals surface area contributed by atoms with Gasteiger partial charge in [-0.2, -0.15) is 0 Å². The number of aryl methyl sites for hydroxylation is 1. The molecule has 3 nitrogen and oxygen atoms in total. The summed E-state index contributed by atoms with van der Waals surface area (Å²) < 4.78 is 84.5. The summed E-state index contributed by atoms with van der Waals surface area (Å²) in [6.45, 7) is 5.30. The van der Waals surface area contributed by atoms with Gasteiger partial charge in [0.2, 0.25) is 0 Å². The number of benzene rings is 3. The number of esters is 1. The molecule has 8 heteroatoms. The molecule has 1 aliphatic carbocycles. The van der Waals surface area contributed by atoms with Crippen LogP contribution in [0, 0.1) is 17.5 Å². The summed E-state index contributed by atoms with van der Waals surface area (Å²) in [6, 6.07) is 8.56. The Morgan fingerprint density at radius 3 is 2.26 bits per heavy atom. The largest absolute Gasteiger partial charge is 0.491 e. The third-order valence-corrected chi connectivity index (χ3v) is 5.80. The fourth-order valence-corrected chi connectivity index (χ4v) is 4.11. The first-order chi connectivity index (χ1) is 16.8. The minimum Gasteiger partial charge on any atom is -0.491 e. The monoisotopic (exact) mass is 488 g/mol. The van der Waals surface area contributed by atoms with E-state index in [4.69, 9.17) is 9.47 Å². The van der Waals surface area contributed by atoms with Crippen LogP contribution in [0.15, 0.2) is 55.1 Å². The average molecular weight is 488 g/mol.